The predicted molar refractivity (Wildman–Crippen MR) is 518 cm³/mol. The number of amides is 15. The average Bonchev–Trinajstić information content (AvgIpc) is 0.909. The molecule has 0 atom stereocenters. The molecule has 0 saturated carbocycles. The number of rotatable bonds is 81. The maximum absolute atomic E-state index is 12.7. The van der Waals surface area contributed by atoms with E-state index >= 15 is 0 Å². The third-order valence-corrected chi connectivity index (χ3v) is 20.8. The zero-order valence-electron chi connectivity index (χ0n) is 82.8. The van der Waals surface area contributed by atoms with Crippen molar-refractivity contribution in [3.8, 4) is 0 Å². The molecular formula is C94H175N19O21. The van der Waals surface area contributed by atoms with Crippen molar-refractivity contribution < 1.29 is 101 Å². The van der Waals surface area contributed by atoms with Crippen LogP contribution < -0.4 is 79.8 Å². The molecule has 0 saturated heterocycles. The van der Waals surface area contributed by atoms with Gasteiger partial charge in [0.05, 0.1) is 78.5 Å². The second kappa shape index (κ2) is 93.3. The summed E-state index contributed by atoms with van der Waals surface area (Å²) in [7, 11) is 14.2. The molecule has 0 aromatic heterocycles. The van der Waals surface area contributed by atoms with Crippen LogP contribution in [-0.2, 0) is 101 Å². The number of Topliss-reactive ketones (excluding diaryl/α,β-unsaturated/α-hetero) is 6. The van der Waals surface area contributed by atoms with Gasteiger partial charge in [0, 0.05) is 199 Å². The first kappa shape index (κ1) is 132. The van der Waals surface area contributed by atoms with Crippen molar-refractivity contribution in [2.75, 3.05) is 181 Å². The van der Waals surface area contributed by atoms with Crippen LogP contribution in [0.15, 0.2) is 0 Å². The van der Waals surface area contributed by atoms with E-state index in [1.54, 1.807) is 70.8 Å². The quantitative estimate of drug-likeness (QED) is 0.0389. The van der Waals surface area contributed by atoms with Crippen LogP contribution in [0.5, 0.6) is 0 Å². The van der Waals surface area contributed by atoms with Gasteiger partial charge in [-0.2, -0.15) is 0 Å². The number of unbranched alkanes of at least 4 members (excludes halogenated alkanes) is 18. The minimum atomic E-state index is -0.350. The van der Waals surface area contributed by atoms with Gasteiger partial charge in [0.1, 0.15) is 34.7 Å². The van der Waals surface area contributed by atoms with Crippen molar-refractivity contribution >= 4 is 123 Å². The van der Waals surface area contributed by atoms with Gasteiger partial charge >= 0.3 is 0 Å². The van der Waals surface area contributed by atoms with E-state index in [4.69, 9.17) is 0 Å². The highest BCUT2D eigenvalue weighted by Crippen LogP contribution is 2.12. The number of nitrogens with one attached hydrogen (secondary N) is 15. The van der Waals surface area contributed by atoms with Gasteiger partial charge in [0.15, 0.2) is 0 Å². The summed E-state index contributed by atoms with van der Waals surface area (Å²) in [6.07, 6.45) is 27.6. The number of ketones is 6. The summed E-state index contributed by atoms with van der Waals surface area (Å²) in [4.78, 5) is 254. The van der Waals surface area contributed by atoms with Gasteiger partial charge in [-0.3, -0.25) is 120 Å². The number of nitrogens with zero attached hydrogens (tertiary/aromatic N) is 4. The van der Waals surface area contributed by atoms with Gasteiger partial charge in [-0.05, 0) is 103 Å². The van der Waals surface area contributed by atoms with Crippen molar-refractivity contribution in [2.45, 2.75) is 298 Å². The maximum Gasteiger partial charge on any atom is 0.234 e. The largest absolute Gasteiger partial charge is 0.359 e. The Hall–Kier alpha value is -10.1. The molecule has 0 aliphatic heterocycles. The van der Waals surface area contributed by atoms with Crippen molar-refractivity contribution in [3.05, 3.63) is 0 Å². The van der Waals surface area contributed by atoms with Gasteiger partial charge in [-0.1, -0.05) is 98.8 Å². The third-order valence-electron chi connectivity index (χ3n) is 20.8. The first-order chi connectivity index (χ1) is 63.7. The molecule has 0 heterocycles. The molecule has 0 radical (unpaired) electrons. The summed E-state index contributed by atoms with van der Waals surface area (Å²) in [5.41, 5.74) is 0. The fourth-order valence-electron chi connectivity index (χ4n) is 12.7. The SMILES string of the molecule is C.CCC(=O)CCCCCCCC(=O)CN(CC(=O)NCCCCCCC(=O)NC)CC(=O)NCCCCCCC(=O)NC.CCC(=O)CN(CC(=O)CC)CC(=O)NC.CNC(=O)CCCCC(=O)CN(CC(=O)NCCCC(=O)NC)CC(=O)NCCCC(=O)NC.CNC(=O)CCCCCCC(=O)CN(CC(=O)NCCCCCC(=O)NC)CC(=O)NCCCCCC(=O)NC. The zero-order valence-corrected chi connectivity index (χ0v) is 82.8. The van der Waals surface area contributed by atoms with Crippen LogP contribution in [0.3, 0.4) is 0 Å². The van der Waals surface area contributed by atoms with Crippen LogP contribution in [0.4, 0.5) is 0 Å². The van der Waals surface area contributed by atoms with Gasteiger partial charge in [-0.15, -0.1) is 0 Å². The second-order valence-corrected chi connectivity index (χ2v) is 32.6. The molecule has 0 bridgehead atoms. The summed E-state index contributed by atoms with van der Waals surface area (Å²) < 4.78 is 0. The standard InChI is InChI=1S/C32H59N5O6.C28H52N6O6.C22H40N6O6.C11H20N2O3.CH4/c1-4-27(38)18-12-6-5-7-13-19-28(39)24-37(25-31(42)35-22-16-10-8-14-20-29(40)33-2)26-32(43)36-23-17-11-9-15-21-30(41)34-3;1-29-24(36)15-9-5-4-8-14-23(35)20-34(21-27(39)32-18-12-6-10-16-25(37)30-2)22-28(40)33-19-13-7-11-17-26(38)31-3;1-23-18(30)9-5-4-8-17(29)14-28(15-21(33)26-12-6-10-19(31)24-2)16-22(34)27-13-7-11-20(32)25-3;1-4-9(14)6-13(7-10(15)5-2)8-11(16)12-3;/h4-26H2,1-3H3,(H,33,40)(H,34,41)(H,35,42)(H,36,43);4-22H2,1-3H3,(H,29,36)(H,30,37)(H,31,38)(H,32,39)(H,33,40);4-16H2,1-3H3,(H,23,30)(H,24,31)(H,25,32)(H,26,33)(H,27,34);4-8H2,1-3H3,(H,12,16);1H4. The Labute approximate surface area is 798 Å². The number of carbonyl (C=O) groups is 21. The Morgan fingerprint density at radius 2 is 0.291 bits per heavy atom. The summed E-state index contributed by atoms with van der Waals surface area (Å²) in [6.45, 7) is 7.91. The first-order valence-corrected chi connectivity index (χ1v) is 48.1. The lowest BCUT2D eigenvalue weighted by molar-refractivity contribution is -0.129. The lowest BCUT2D eigenvalue weighted by Crippen LogP contribution is -2.45. The highest BCUT2D eigenvalue weighted by molar-refractivity contribution is 5.89. The van der Waals surface area contributed by atoms with E-state index in [0.29, 0.717) is 154 Å². The van der Waals surface area contributed by atoms with Crippen LogP contribution >= 0.6 is 0 Å². The molecule has 0 fully saturated rings. The van der Waals surface area contributed by atoms with Crippen molar-refractivity contribution in [2.24, 2.45) is 0 Å². The summed E-state index contributed by atoms with van der Waals surface area (Å²) >= 11 is 0. The van der Waals surface area contributed by atoms with E-state index in [1.165, 1.54) is 26.0 Å². The highest BCUT2D eigenvalue weighted by atomic mass is 16.2. The molecule has 0 spiro atoms. The third kappa shape index (κ3) is 91.0. The van der Waals surface area contributed by atoms with Crippen LogP contribution in [-0.4, -0.2) is 324 Å². The lowest BCUT2D eigenvalue weighted by atomic mass is 10.1. The Morgan fingerprint density at radius 3 is 0.507 bits per heavy atom. The Bertz CT molecular complexity index is 3030. The van der Waals surface area contributed by atoms with E-state index in [-0.39, 0.29) is 223 Å². The normalized spacial score (nSPS) is 10.5. The molecule has 0 aromatic rings. The summed E-state index contributed by atoms with van der Waals surface area (Å²) in [6, 6.07) is 0. The Balaban J connectivity index is -0.000000573. The van der Waals surface area contributed by atoms with Crippen LogP contribution in [0.2, 0.25) is 0 Å². The van der Waals surface area contributed by atoms with E-state index < -0.39 is 0 Å². The molecule has 40 nitrogen and oxygen atoms in total. The molecule has 40 heteroatoms. The zero-order chi connectivity index (χ0) is 100. The molecule has 15 N–H and O–H groups in total. The van der Waals surface area contributed by atoms with Gasteiger partial charge in [-0.25, -0.2) is 0 Å². The predicted octanol–water partition coefficient (Wildman–Crippen LogP) is 3.06. The molecule has 0 aromatic carbocycles. The molecule has 0 unspecified atom stereocenters. The van der Waals surface area contributed by atoms with Crippen molar-refractivity contribution in [1.82, 2.24) is 99.4 Å². The molecule has 0 aliphatic rings. The second-order valence-electron chi connectivity index (χ2n) is 32.6. The van der Waals surface area contributed by atoms with Crippen molar-refractivity contribution in [1.29, 1.82) is 0 Å². The lowest BCUT2D eigenvalue weighted by Gasteiger charge is -2.21. The fourth-order valence-corrected chi connectivity index (χ4v) is 12.7. The number of carbonyl (C=O) groups excluding carboxylic acids is 21. The number of hydrogen-bond acceptors (Lipinski definition) is 25. The summed E-state index contributed by atoms with van der Waals surface area (Å²) in [5, 5.41) is 39.8. The monoisotopic (exact) mass is 1910 g/mol. The van der Waals surface area contributed by atoms with Gasteiger partial charge in [0.25, 0.3) is 0 Å². The minimum Gasteiger partial charge on any atom is -0.359 e. The van der Waals surface area contributed by atoms with Gasteiger partial charge in [0.2, 0.25) is 88.6 Å². The van der Waals surface area contributed by atoms with E-state index in [2.05, 4.69) is 79.8 Å². The Morgan fingerprint density at radius 1 is 0.149 bits per heavy atom. The minimum absolute atomic E-state index is 0. The molecule has 15 amide bonds. The van der Waals surface area contributed by atoms with E-state index in [0.717, 1.165) is 141 Å². The molecule has 0 rings (SSSR count). The highest BCUT2D eigenvalue weighted by Gasteiger charge is 2.23. The smallest absolute Gasteiger partial charge is 0.234 e. The molecule has 0 aliphatic carbocycles. The topological polar surface area (TPSA) is 552 Å². The van der Waals surface area contributed by atoms with Crippen LogP contribution in [0.25, 0.3) is 0 Å². The molecule has 134 heavy (non-hydrogen) atoms. The van der Waals surface area contributed by atoms with Crippen molar-refractivity contribution in [3.63, 3.8) is 0 Å². The van der Waals surface area contributed by atoms with E-state index in [1.807, 2.05) is 6.92 Å². The first-order valence-electron chi connectivity index (χ1n) is 48.1. The number of hydrogen-bond donors (Lipinski definition) is 15. The van der Waals surface area contributed by atoms with E-state index in [9.17, 15) is 101 Å². The number of likely N-dealkylation sites (N-methyl/N-ethyl adjacent to an activating group) is 1. The van der Waals surface area contributed by atoms with Crippen LogP contribution in [0, 0.1) is 0 Å². The fraction of sp³-hybridized carbons (Fsp3) is 0.777. The van der Waals surface area contributed by atoms with Crippen LogP contribution in [0.1, 0.15) is 298 Å². The molecule has 772 valence electrons. The maximum atomic E-state index is 12.7. The molecular weight excluding hydrogens is 1730 g/mol. The Kier molecular flexibility index (Phi) is 92.2. The van der Waals surface area contributed by atoms with Gasteiger partial charge < -0.3 is 79.8 Å². The average molecular weight is 1910 g/mol. The summed E-state index contributed by atoms with van der Waals surface area (Å²) in [5.74, 6) is -1.89.